The fourth-order valence-corrected chi connectivity index (χ4v) is 4.37. The summed E-state index contributed by atoms with van der Waals surface area (Å²) in [6.45, 7) is 7.04. The summed E-state index contributed by atoms with van der Waals surface area (Å²) in [5, 5.41) is 10.5. The van der Waals surface area contributed by atoms with Crippen molar-refractivity contribution in [3.8, 4) is 0 Å². The lowest BCUT2D eigenvalue weighted by atomic mass is 9.80. The van der Waals surface area contributed by atoms with E-state index in [1.54, 1.807) is 6.07 Å². The Balaban J connectivity index is 2.05. The molecule has 0 saturated heterocycles. The van der Waals surface area contributed by atoms with Gasteiger partial charge in [0.25, 0.3) is 0 Å². The minimum Gasteiger partial charge on any atom is -0.744 e. The fraction of sp³-hybridized carbons (Fsp3) is 0.400. The molecule has 2 aromatic carbocycles. The monoisotopic (exact) mass is 389 g/mol. The third-order valence-electron chi connectivity index (χ3n) is 5.51. The molecule has 3 rings (SSSR count). The molecule has 0 amide bonds. The molecular formula is C20H23NO5S. The van der Waals surface area contributed by atoms with Crippen molar-refractivity contribution < 1.29 is 27.4 Å². The molecular weight excluding hydrogens is 366 g/mol. The van der Waals surface area contributed by atoms with E-state index in [1.165, 1.54) is 17.8 Å². The van der Waals surface area contributed by atoms with E-state index in [1.807, 2.05) is 12.1 Å². The maximum atomic E-state index is 11.3. The summed E-state index contributed by atoms with van der Waals surface area (Å²) in [5.41, 5.74) is 3.07. The van der Waals surface area contributed by atoms with Crippen LogP contribution in [0, 0.1) is 0 Å². The van der Waals surface area contributed by atoms with Crippen molar-refractivity contribution in [2.45, 2.75) is 50.3 Å². The molecule has 2 aromatic rings. The molecule has 0 unspecified atom stereocenters. The molecule has 0 saturated carbocycles. The number of carboxylic acids is 1. The predicted octanol–water partition coefficient (Wildman–Crippen LogP) is 3.39. The SMILES string of the molecule is CC1=[N+](CCCCC(=O)O)c2ccc3cc(S(=O)(=O)[O-])ccc3c2C1(C)C. The Morgan fingerprint density at radius 2 is 1.89 bits per heavy atom. The van der Waals surface area contributed by atoms with Gasteiger partial charge in [-0.25, -0.2) is 8.42 Å². The summed E-state index contributed by atoms with van der Waals surface area (Å²) >= 11 is 0. The van der Waals surface area contributed by atoms with Gasteiger partial charge in [-0.15, -0.1) is 0 Å². The van der Waals surface area contributed by atoms with Gasteiger partial charge >= 0.3 is 5.97 Å². The molecule has 1 N–H and O–H groups in total. The third-order valence-corrected chi connectivity index (χ3v) is 6.34. The van der Waals surface area contributed by atoms with Gasteiger partial charge in [0.05, 0.1) is 10.3 Å². The zero-order chi connectivity index (χ0) is 20.0. The first-order valence-corrected chi connectivity index (χ1v) is 10.3. The summed E-state index contributed by atoms with van der Waals surface area (Å²) in [5.74, 6) is -0.784. The molecule has 0 atom stereocenters. The van der Waals surface area contributed by atoms with E-state index in [0.29, 0.717) is 6.42 Å². The van der Waals surface area contributed by atoms with Crippen LogP contribution < -0.4 is 0 Å². The largest absolute Gasteiger partial charge is 0.744 e. The molecule has 0 aromatic heterocycles. The van der Waals surface area contributed by atoms with Gasteiger partial charge in [-0.1, -0.05) is 6.07 Å². The lowest BCUT2D eigenvalue weighted by Gasteiger charge is -2.18. The van der Waals surface area contributed by atoms with Crippen LogP contribution in [0.3, 0.4) is 0 Å². The topological polar surface area (TPSA) is 97.5 Å². The van der Waals surface area contributed by atoms with Crippen molar-refractivity contribution in [1.29, 1.82) is 0 Å². The van der Waals surface area contributed by atoms with Crippen molar-refractivity contribution in [3.63, 3.8) is 0 Å². The number of hydrogen-bond donors (Lipinski definition) is 1. The van der Waals surface area contributed by atoms with Gasteiger partial charge in [0.1, 0.15) is 16.7 Å². The molecule has 0 aliphatic carbocycles. The highest BCUT2D eigenvalue weighted by molar-refractivity contribution is 7.85. The van der Waals surface area contributed by atoms with Crippen molar-refractivity contribution in [3.05, 3.63) is 35.9 Å². The van der Waals surface area contributed by atoms with Crippen LogP contribution in [0.2, 0.25) is 0 Å². The predicted molar refractivity (Wildman–Crippen MR) is 102 cm³/mol. The number of nitrogens with zero attached hydrogens (tertiary/aromatic N) is 1. The highest BCUT2D eigenvalue weighted by Crippen LogP contribution is 2.44. The van der Waals surface area contributed by atoms with Crippen LogP contribution in [0.25, 0.3) is 10.8 Å². The average molecular weight is 389 g/mol. The molecule has 7 heteroatoms. The fourth-order valence-electron chi connectivity index (χ4n) is 3.87. The number of unbranched alkanes of at least 4 members (excludes halogenated alkanes) is 1. The van der Waals surface area contributed by atoms with Crippen molar-refractivity contribution in [1.82, 2.24) is 0 Å². The van der Waals surface area contributed by atoms with E-state index in [0.717, 1.165) is 35.0 Å². The van der Waals surface area contributed by atoms with E-state index in [9.17, 15) is 17.8 Å². The molecule has 1 aliphatic heterocycles. The van der Waals surface area contributed by atoms with Gasteiger partial charge in [-0.05, 0) is 49.2 Å². The summed E-state index contributed by atoms with van der Waals surface area (Å²) in [4.78, 5) is 10.5. The molecule has 0 radical (unpaired) electrons. The van der Waals surface area contributed by atoms with Crippen LogP contribution in [0.5, 0.6) is 0 Å². The Kier molecular flexibility index (Phi) is 4.86. The lowest BCUT2D eigenvalue weighted by Crippen LogP contribution is -2.27. The number of benzene rings is 2. The lowest BCUT2D eigenvalue weighted by molar-refractivity contribution is -0.439. The first kappa shape index (κ1) is 19.5. The Bertz CT molecular complexity index is 1070. The zero-order valence-electron chi connectivity index (χ0n) is 15.7. The maximum absolute atomic E-state index is 11.3. The van der Waals surface area contributed by atoms with E-state index in [4.69, 9.17) is 5.11 Å². The standard InChI is InChI=1S/C20H23NO5S/c1-13-20(2,3)19-16-9-8-15(27(24,25)26)12-14(16)7-10-17(19)21(13)11-5-4-6-18(22)23/h7-10,12H,4-6,11H2,1-3H3,(H-,22,23,24,25,26). The minimum atomic E-state index is -4.49. The Labute approximate surface area is 158 Å². The molecule has 144 valence electrons. The first-order chi connectivity index (χ1) is 12.5. The van der Waals surface area contributed by atoms with Gasteiger partial charge in [0.15, 0.2) is 5.71 Å². The number of carbonyl (C=O) groups is 1. The van der Waals surface area contributed by atoms with Crippen molar-refractivity contribution in [2.24, 2.45) is 0 Å². The number of rotatable bonds is 6. The quantitative estimate of drug-likeness (QED) is 0.464. The molecule has 0 spiro atoms. The smallest absolute Gasteiger partial charge is 0.303 e. The highest BCUT2D eigenvalue weighted by Gasteiger charge is 2.43. The van der Waals surface area contributed by atoms with Gasteiger partial charge in [0.2, 0.25) is 5.69 Å². The van der Waals surface area contributed by atoms with Crippen molar-refractivity contribution in [2.75, 3.05) is 6.54 Å². The van der Waals surface area contributed by atoms with Crippen molar-refractivity contribution >= 4 is 38.3 Å². The van der Waals surface area contributed by atoms with E-state index in [-0.39, 0.29) is 16.7 Å². The second-order valence-corrected chi connectivity index (χ2v) is 8.89. The summed E-state index contributed by atoms with van der Waals surface area (Å²) in [7, 11) is -4.49. The Hall–Kier alpha value is -2.25. The van der Waals surface area contributed by atoms with E-state index in [2.05, 4.69) is 25.3 Å². The minimum absolute atomic E-state index is 0.160. The number of hydrogen-bond acceptors (Lipinski definition) is 4. The van der Waals surface area contributed by atoms with Crippen LogP contribution in [0.1, 0.15) is 45.6 Å². The maximum Gasteiger partial charge on any atom is 0.303 e. The first-order valence-electron chi connectivity index (χ1n) is 8.90. The number of carboxylic acid groups (broad SMARTS) is 1. The summed E-state index contributed by atoms with van der Waals surface area (Å²) < 4.78 is 36.2. The van der Waals surface area contributed by atoms with Crippen LogP contribution in [0.15, 0.2) is 35.2 Å². The average Bonchev–Trinajstić information content (AvgIpc) is 2.77. The summed E-state index contributed by atoms with van der Waals surface area (Å²) in [6, 6.07) is 8.29. The highest BCUT2D eigenvalue weighted by atomic mass is 32.2. The second kappa shape index (κ2) is 6.73. The summed E-state index contributed by atoms with van der Waals surface area (Å²) in [6.07, 6.45) is 1.55. The second-order valence-electron chi connectivity index (χ2n) is 7.51. The molecule has 0 fully saturated rings. The molecule has 27 heavy (non-hydrogen) atoms. The number of aliphatic carboxylic acids is 1. The van der Waals surface area contributed by atoms with Gasteiger partial charge < -0.3 is 9.66 Å². The van der Waals surface area contributed by atoms with E-state index >= 15 is 0 Å². The van der Waals surface area contributed by atoms with Crippen LogP contribution in [0.4, 0.5) is 5.69 Å². The van der Waals surface area contributed by atoms with Crippen LogP contribution in [-0.4, -0.2) is 40.9 Å². The molecule has 6 nitrogen and oxygen atoms in total. The van der Waals surface area contributed by atoms with Gasteiger partial charge in [0, 0.05) is 31.4 Å². The molecule has 0 bridgehead atoms. The van der Waals surface area contributed by atoms with Crippen LogP contribution >= 0.6 is 0 Å². The molecule has 1 aliphatic rings. The molecule has 1 heterocycles. The third kappa shape index (κ3) is 3.49. The van der Waals surface area contributed by atoms with Crippen LogP contribution in [-0.2, 0) is 20.3 Å². The van der Waals surface area contributed by atoms with Gasteiger partial charge in [-0.3, -0.25) is 4.79 Å². The van der Waals surface area contributed by atoms with Gasteiger partial charge in [-0.2, -0.15) is 4.58 Å². The Morgan fingerprint density at radius 3 is 2.52 bits per heavy atom. The normalized spacial score (nSPS) is 16.0. The Morgan fingerprint density at radius 1 is 1.19 bits per heavy atom. The number of fused-ring (bicyclic) bond motifs is 3. The zero-order valence-corrected chi connectivity index (χ0v) is 16.5. The van der Waals surface area contributed by atoms with E-state index < -0.39 is 16.1 Å².